The Morgan fingerprint density at radius 3 is 2.32 bits per heavy atom. The molecule has 0 atom stereocenters. The molecule has 0 bridgehead atoms. The van der Waals surface area contributed by atoms with Crippen molar-refractivity contribution < 1.29 is 13.2 Å². The van der Waals surface area contributed by atoms with Gasteiger partial charge in [-0.15, -0.1) is 0 Å². The van der Waals surface area contributed by atoms with Crippen LogP contribution in [-0.2, 0) is 28.9 Å². The molecule has 0 fully saturated rings. The van der Waals surface area contributed by atoms with Gasteiger partial charge in [0.1, 0.15) is 0 Å². The number of nitrogens with one attached hydrogen (secondary N) is 1. The standard InChI is InChI=1S/C13H23N3O5S/c1-9(2)21-8-6-7-14-22(19,20)11-10(3)15(4)13(18)16(5)12(11)17/h9,14H,6-8H2,1-5H3. The Labute approximate surface area is 129 Å². The number of ether oxygens (including phenoxy) is 1. The van der Waals surface area contributed by atoms with Crippen LogP contribution in [0.25, 0.3) is 0 Å². The van der Waals surface area contributed by atoms with E-state index in [1.807, 2.05) is 13.8 Å². The topological polar surface area (TPSA) is 99.4 Å². The summed E-state index contributed by atoms with van der Waals surface area (Å²) in [5.41, 5.74) is -1.28. The Morgan fingerprint density at radius 1 is 1.18 bits per heavy atom. The lowest BCUT2D eigenvalue weighted by molar-refractivity contribution is 0.0778. The highest BCUT2D eigenvalue weighted by atomic mass is 32.2. The molecule has 8 nitrogen and oxygen atoms in total. The van der Waals surface area contributed by atoms with E-state index >= 15 is 0 Å². The first-order valence-electron chi connectivity index (χ1n) is 6.97. The van der Waals surface area contributed by atoms with E-state index in [1.165, 1.54) is 21.0 Å². The quantitative estimate of drug-likeness (QED) is 0.677. The summed E-state index contributed by atoms with van der Waals surface area (Å²) < 4.78 is 34.2. The number of hydrogen-bond acceptors (Lipinski definition) is 5. The molecule has 1 N–H and O–H groups in total. The SMILES string of the molecule is Cc1c(S(=O)(=O)NCCCOC(C)C)c(=O)n(C)c(=O)n1C. The van der Waals surface area contributed by atoms with Gasteiger partial charge >= 0.3 is 5.69 Å². The van der Waals surface area contributed by atoms with Gasteiger partial charge in [-0.25, -0.2) is 17.9 Å². The molecule has 0 aromatic carbocycles. The van der Waals surface area contributed by atoms with Crippen LogP contribution in [-0.4, -0.2) is 36.8 Å². The number of nitrogens with zero attached hydrogens (tertiary/aromatic N) is 2. The Kier molecular flexibility index (Phi) is 6.09. The molecule has 0 aliphatic rings. The molecule has 0 aliphatic heterocycles. The largest absolute Gasteiger partial charge is 0.379 e. The van der Waals surface area contributed by atoms with Crippen LogP contribution in [0.3, 0.4) is 0 Å². The summed E-state index contributed by atoms with van der Waals surface area (Å²) in [7, 11) is -1.31. The van der Waals surface area contributed by atoms with E-state index in [0.29, 0.717) is 13.0 Å². The van der Waals surface area contributed by atoms with Crippen LogP contribution in [0.4, 0.5) is 0 Å². The van der Waals surface area contributed by atoms with Crippen molar-refractivity contribution in [2.24, 2.45) is 14.1 Å². The van der Waals surface area contributed by atoms with Gasteiger partial charge in [0.2, 0.25) is 10.0 Å². The monoisotopic (exact) mass is 333 g/mol. The van der Waals surface area contributed by atoms with Gasteiger partial charge in [-0.05, 0) is 27.2 Å². The van der Waals surface area contributed by atoms with Crippen LogP contribution in [0.15, 0.2) is 14.5 Å². The van der Waals surface area contributed by atoms with Gasteiger partial charge < -0.3 is 4.74 Å². The zero-order chi connectivity index (χ0) is 17.1. The Bertz CT molecular complexity index is 746. The Hall–Kier alpha value is -1.45. The molecule has 1 rings (SSSR count). The molecule has 0 amide bonds. The molecule has 0 saturated carbocycles. The Balaban J connectivity index is 3.00. The predicted octanol–water partition coefficient (Wildman–Crippen LogP) is -0.514. The zero-order valence-corrected chi connectivity index (χ0v) is 14.4. The second-order valence-corrected chi connectivity index (χ2v) is 6.99. The first kappa shape index (κ1) is 18.6. The van der Waals surface area contributed by atoms with Crippen molar-refractivity contribution in [3.8, 4) is 0 Å². The van der Waals surface area contributed by atoms with E-state index in [4.69, 9.17) is 4.74 Å². The molecule has 9 heteroatoms. The smallest absolute Gasteiger partial charge is 0.330 e. The van der Waals surface area contributed by atoms with Crippen molar-refractivity contribution in [3.05, 3.63) is 26.5 Å². The second-order valence-electron chi connectivity index (χ2n) is 5.29. The fourth-order valence-corrected chi connectivity index (χ4v) is 3.34. The molecule has 1 aromatic heterocycles. The van der Waals surface area contributed by atoms with Crippen LogP contribution in [0.1, 0.15) is 26.0 Å². The third kappa shape index (κ3) is 4.05. The number of aromatic nitrogens is 2. The highest BCUT2D eigenvalue weighted by Crippen LogP contribution is 2.07. The van der Waals surface area contributed by atoms with E-state index in [1.54, 1.807) is 0 Å². The van der Waals surface area contributed by atoms with Gasteiger partial charge in [-0.2, -0.15) is 0 Å². The fraction of sp³-hybridized carbons (Fsp3) is 0.692. The van der Waals surface area contributed by atoms with E-state index in [9.17, 15) is 18.0 Å². The van der Waals surface area contributed by atoms with E-state index in [2.05, 4.69) is 4.72 Å². The minimum atomic E-state index is -3.98. The molecule has 126 valence electrons. The van der Waals surface area contributed by atoms with Crippen molar-refractivity contribution in [1.29, 1.82) is 0 Å². The third-order valence-electron chi connectivity index (χ3n) is 3.24. The second kappa shape index (κ2) is 7.21. The summed E-state index contributed by atoms with van der Waals surface area (Å²) in [4.78, 5) is 23.4. The minimum Gasteiger partial charge on any atom is -0.379 e. The van der Waals surface area contributed by atoms with Crippen LogP contribution in [0.2, 0.25) is 0 Å². The number of hydrogen-bond donors (Lipinski definition) is 1. The first-order chi connectivity index (χ1) is 10.1. The molecule has 22 heavy (non-hydrogen) atoms. The summed E-state index contributed by atoms with van der Waals surface area (Å²) in [6, 6.07) is 0. The van der Waals surface area contributed by atoms with E-state index < -0.39 is 26.2 Å². The maximum absolute atomic E-state index is 12.3. The highest BCUT2D eigenvalue weighted by molar-refractivity contribution is 7.89. The molecule has 0 radical (unpaired) electrons. The molecule has 0 aliphatic carbocycles. The average molecular weight is 333 g/mol. The highest BCUT2D eigenvalue weighted by Gasteiger charge is 2.24. The lowest BCUT2D eigenvalue weighted by Crippen LogP contribution is -2.43. The van der Waals surface area contributed by atoms with Crippen LogP contribution < -0.4 is 16.0 Å². The van der Waals surface area contributed by atoms with Gasteiger partial charge in [-0.1, -0.05) is 0 Å². The summed E-state index contributed by atoms with van der Waals surface area (Å²) >= 11 is 0. The molecule has 0 unspecified atom stereocenters. The van der Waals surface area contributed by atoms with Crippen LogP contribution in [0, 0.1) is 6.92 Å². The van der Waals surface area contributed by atoms with Crippen LogP contribution >= 0.6 is 0 Å². The molecular weight excluding hydrogens is 310 g/mol. The van der Waals surface area contributed by atoms with Crippen molar-refractivity contribution in [2.75, 3.05) is 13.2 Å². The number of sulfonamides is 1. The third-order valence-corrected chi connectivity index (χ3v) is 4.83. The molecular formula is C13H23N3O5S. The van der Waals surface area contributed by atoms with Gasteiger partial charge in [0.25, 0.3) is 5.56 Å². The predicted molar refractivity (Wildman–Crippen MR) is 82.6 cm³/mol. The van der Waals surface area contributed by atoms with Crippen molar-refractivity contribution in [2.45, 2.75) is 38.2 Å². The van der Waals surface area contributed by atoms with Crippen molar-refractivity contribution in [3.63, 3.8) is 0 Å². The molecule has 1 heterocycles. The lowest BCUT2D eigenvalue weighted by Gasteiger charge is -2.13. The maximum Gasteiger partial charge on any atom is 0.330 e. The Morgan fingerprint density at radius 2 is 1.77 bits per heavy atom. The van der Waals surface area contributed by atoms with Gasteiger partial charge in [-0.3, -0.25) is 13.9 Å². The van der Waals surface area contributed by atoms with Crippen molar-refractivity contribution >= 4 is 10.0 Å². The average Bonchev–Trinajstić information content (AvgIpc) is 2.42. The summed E-state index contributed by atoms with van der Waals surface area (Å²) in [5, 5.41) is 0. The zero-order valence-electron chi connectivity index (χ0n) is 13.5. The molecule has 0 spiro atoms. The molecule has 1 aromatic rings. The summed E-state index contributed by atoms with van der Waals surface area (Å²) in [5.74, 6) is 0. The lowest BCUT2D eigenvalue weighted by atomic mass is 10.4. The molecule has 0 saturated heterocycles. The van der Waals surface area contributed by atoms with Gasteiger partial charge in [0.05, 0.1) is 6.10 Å². The summed E-state index contributed by atoms with van der Waals surface area (Å²) in [6.45, 7) is 5.79. The summed E-state index contributed by atoms with van der Waals surface area (Å²) in [6.07, 6.45) is 0.567. The fourth-order valence-electron chi connectivity index (χ4n) is 1.89. The minimum absolute atomic E-state index is 0.0785. The first-order valence-corrected chi connectivity index (χ1v) is 8.45. The van der Waals surface area contributed by atoms with E-state index in [0.717, 1.165) is 9.13 Å². The van der Waals surface area contributed by atoms with Gasteiger partial charge in [0, 0.05) is 32.9 Å². The number of rotatable bonds is 7. The van der Waals surface area contributed by atoms with Crippen LogP contribution in [0.5, 0.6) is 0 Å². The maximum atomic E-state index is 12.3. The van der Waals surface area contributed by atoms with Crippen molar-refractivity contribution in [1.82, 2.24) is 13.9 Å². The van der Waals surface area contributed by atoms with E-state index in [-0.39, 0.29) is 18.3 Å². The normalized spacial score (nSPS) is 12.1. The van der Waals surface area contributed by atoms with Gasteiger partial charge in [0.15, 0.2) is 4.90 Å².